The molecule has 0 aliphatic carbocycles. The molecule has 0 spiro atoms. The SMILES string of the molecule is CCCn1c(=O)cc(C2(N(C)C)C=N2)n(CC)c1=O. The van der Waals surface area contributed by atoms with Gasteiger partial charge in [0.05, 0.1) is 11.9 Å². The second-order valence-corrected chi connectivity index (χ2v) is 4.93. The van der Waals surface area contributed by atoms with E-state index in [0.29, 0.717) is 18.8 Å². The zero-order valence-electron chi connectivity index (χ0n) is 11.9. The van der Waals surface area contributed by atoms with E-state index in [1.54, 1.807) is 10.8 Å². The Hall–Kier alpha value is -1.69. The lowest BCUT2D eigenvalue weighted by molar-refractivity contribution is 0.272. The summed E-state index contributed by atoms with van der Waals surface area (Å²) in [6.07, 6.45) is 2.52. The van der Waals surface area contributed by atoms with Crippen LogP contribution in [-0.2, 0) is 18.8 Å². The number of aliphatic imine (C=N–C) groups is 1. The minimum absolute atomic E-state index is 0.247. The van der Waals surface area contributed by atoms with Crippen molar-refractivity contribution in [2.75, 3.05) is 14.1 Å². The molecule has 1 aromatic rings. The highest BCUT2D eigenvalue weighted by atomic mass is 16.2. The van der Waals surface area contributed by atoms with Crippen molar-refractivity contribution in [3.63, 3.8) is 0 Å². The number of hydrogen-bond acceptors (Lipinski definition) is 4. The van der Waals surface area contributed by atoms with Crippen LogP contribution in [0.1, 0.15) is 26.0 Å². The van der Waals surface area contributed by atoms with Gasteiger partial charge in [0.15, 0.2) is 5.66 Å². The fraction of sp³-hybridized carbons (Fsp3) is 0.615. The monoisotopic (exact) mass is 264 g/mol. The van der Waals surface area contributed by atoms with Crippen LogP contribution in [0.4, 0.5) is 0 Å². The Bertz CT molecular complexity index is 619. The van der Waals surface area contributed by atoms with Gasteiger partial charge in [-0.2, -0.15) is 0 Å². The van der Waals surface area contributed by atoms with Crippen molar-refractivity contribution in [3.8, 4) is 0 Å². The Kier molecular flexibility index (Phi) is 3.45. The third-order valence-electron chi connectivity index (χ3n) is 3.47. The number of hydrogen-bond donors (Lipinski definition) is 0. The van der Waals surface area contributed by atoms with Gasteiger partial charge in [-0.15, -0.1) is 0 Å². The predicted molar refractivity (Wildman–Crippen MR) is 74.8 cm³/mol. The lowest BCUT2D eigenvalue weighted by Crippen LogP contribution is -2.45. The van der Waals surface area contributed by atoms with Gasteiger partial charge in [0.2, 0.25) is 0 Å². The van der Waals surface area contributed by atoms with Crippen LogP contribution >= 0.6 is 0 Å². The lowest BCUT2D eigenvalue weighted by Gasteiger charge is -2.25. The van der Waals surface area contributed by atoms with Crippen LogP contribution < -0.4 is 11.2 Å². The van der Waals surface area contributed by atoms with E-state index in [4.69, 9.17) is 0 Å². The molecule has 0 bridgehead atoms. The van der Waals surface area contributed by atoms with E-state index in [0.717, 1.165) is 6.42 Å². The van der Waals surface area contributed by atoms with E-state index in [9.17, 15) is 9.59 Å². The van der Waals surface area contributed by atoms with Gasteiger partial charge < -0.3 is 0 Å². The standard InChI is InChI=1S/C13H20N4O2/c1-5-7-17-11(18)8-10(16(6-2)12(17)19)13(9-14-13)15(3)4/h8-9H,5-7H2,1-4H3. The molecule has 1 aliphatic rings. The van der Waals surface area contributed by atoms with Gasteiger partial charge in [-0.25, -0.2) is 4.79 Å². The van der Waals surface area contributed by atoms with Crippen molar-refractivity contribution in [1.29, 1.82) is 0 Å². The quantitative estimate of drug-likeness (QED) is 0.765. The average Bonchev–Trinajstić information content (AvgIpc) is 3.15. The van der Waals surface area contributed by atoms with Crippen molar-refractivity contribution < 1.29 is 0 Å². The first-order valence-electron chi connectivity index (χ1n) is 6.57. The summed E-state index contributed by atoms with van der Waals surface area (Å²) in [6.45, 7) is 4.82. The second-order valence-electron chi connectivity index (χ2n) is 4.93. The predicted octanol–water partition coefficient (Wildman–Crippen LogP) is 0.239. The molecule has 1 unspecified atom stereocenters. The van der Waals surface area contributed by atoms with Crippen LogP contribution in [0.15, 0.2) is 20.6 Å². The second kappa shape index (κ2) is 4.77. The van der Waals surface area contributed by atoms with E-state index < -0.39 is 5.66 Å². The van der Waals surface area contributed by atoms with Gasteiger partial charge >= 0.3 is 5.69 Å². The highest BCUT2D eigenvalue weighted by molar-refractivity contribution is 5.84. The van der Waals surface area contributed by atoms with Gasteiger partial charge in [0, 0.05) is 19.2 Å². The Labute approximate surface area is 112 Å². The Morgan fingerprint density at radius 2 is 1.89 bits per heavy atom. The van der Waals surface area contributed by atoms with E-state index in [2.05, 4.69) is 4.99 Å². The molecular weight excluding hydrogens is 244 g/mol. The highest BCUT2D eigenvalue weighted by Crippen LogP contribution is 2.34. The summed E-state index contributed by atoms with van der Waals surface area (Å²) in [5.74, 6) is 0. The molecule has 0 saturated carbocycles. The van der Waals surface area contributed by atoms with Crippen molar-refractivity contribution in [2.45, 2.75) is 39.0 Å². The summed E-state index contributed by atoms with van der Waals surface area (Å²) in [4.78, 5) is 30.6. The molecule has 0 saturated heterocycles. The summed E-state index contributed by atoms with van der Waals surface area (Å²) in [5, 5.41) is 0. The van der Waals surface area contributed by atoms with Gasteiger partial charge in [-0.3, -0.25) is 23.8 Å². The fourth-order valence-corrected chi connectivity index (χ4v) is 2.31. The van der Waals surface area contributed by atoms with Crippen molar-refractivity contribution in [3.05, 3.63) is 32.6 Å². The molecule has 2 heterocycles. The first kappa shape index (κ1) is 13.7. The third-order valence-corrected chi connectivity index (χ3v) is 3.47. The zero-order chi connectivity index (χ0) is 14.2. The van der Waals surface area contributed by atoms with Crippen LogP contribution in [-0.4, -0.2) is 34.3 Å². The average molecular weight is 264 g/mol. The van der Waals surface area contributed by atoms with Crippen LogP contribution in [0.3, 0.4) is 0 Å². The number of aromatic nitrogens is 2. The summed E-state index contributed by atoms with van der Waals surface area (Å²) >= 11 is 0. The van der Waals surface area contributed by atoms with E-state index in [1.807, 2.05) is 32.8 Å². The number of rotatable bonds is 5. The molecule has 104 valence electrons. The van der Waals surface area contributed by atoms with Crippen LogP contribution in [0.2, 0.25) is 0 Å². The van der Waals surface area contributed by atoms with Crippen molar-refractivity contribution in [2.24, 2.45) is 4.99 Å². The molecule has 0 fully saturated rings. The van der Waals surface area contributed by atoms with E-state index in [1.165, 1.54) is 10.6 Å². The first-order valence-corrected chi connectivity index (χ1v) is 6.57. The molecule has 0 radical (unpaired) electrons. The summed E-state index contributed by atoms with van der Waals surface area (Å²) in [7, 11) is 3.77. The maximum atomic E-state index is 12.4. The molecule has 0 aromatic carbocycles. The lowest BCUT2D eigenvalue weighted by atomic mass is 10.1. The molecule has 0 amide bonds. The molecule has 0 N–H and O–H groups in total. The Morgan fingerprint density at radius 3 is 2.32 bits per heavy atom. The Balaban J connectivity index is 2.65. The molecule has 6 nitrogen and oxygen atoms in total. The molecule has 2 rings (SSSR count). The smallest absolute Gasteiger partial charge is 0.294 e. The molecule has 19 heavy (non-hydrogen) atoms. The van der Waals surface area contributed by atoms with E-state index in [-0.39, 0.29) is 11.2 Å². The third kappa shape index (κ3) is 2.06. The van der Waals surface area contributed by atoms with Gasteiger partial charge in [-0.05, 0) is 27.4 Å². The van der Waals surface area contributed by atoms with Crippen LogP contribution in [0.25, 0.3) is 0 Å². The van der Waals surface area contributed by atoms with Crippen molar-refractivity contribution in [1.82, 2.24) is 14.0 Å². The highest BCUT2D eigenvalue weighted by Gasteiger charge is 2.44. The maximum Gasteiger partial charge on any atom is 0.331 e. The largest absolute Gasteiger partial charge is 0.331 e. The zero-order valence-corrected chi connectivity index (χ0v) is 11.9. The summed E-state index contributed by atoms with van der Waals surface area (Å²) in [6, 6.07) is 1.54. The summed E-state index contributed by atoms with van der Waals surface area (Å²) < 4.78 is 2.92. The molecular formula is C13H20N4O2. The number of nitrogens with zero attached hydrogens (tertiary/aromatic N) is 4. The molecule has 1 aliphatic heterocycles. The van der Waals surface area contributed by atoms with Gasteiger partial charge in [-0.1, -0.05) is 6.92 Å². The maximum absolute atomic E-state index is 12.4. The fourth-order valence-electron chi connectivity index (χ4n) is 2.31. The van der Waals surface area contributed by atoms with Crippen molar-refractivity contribution >= 4 is 6.21 Å². The summed E-state index contributed by atoms with van der Waals surface area (Å²) in [5.41, 5.74) is -0.450. The van der Waals surface area contributed by atoms with Gasteiger partial charge in [0.1, 0.15) is 0 Å². The normalized spacial score (nSPS) is 21.1. The minimum Gasteiger partial charge on any atom is -0.294 e. The topological polar surface area (TPSA) is 59.6 Å². The molecule has 6 heteroatoms. The van der Waals surface area contributed by atoms with Gasteiger partial charge in [0.25, 0.3) is 5.56 Å². The Morgan fingerprint density at radius 1 is 1.26 bits per heavy atom. The minimum atomic E-state index is -0.611. The first-order chi connectivity index (χ1) is 8.97. The van der Waals surface area contributed by atoms with E-state index >= 15 is 0 Å². The molecule has 1 atom stereocenters. The van der Waals surface area contributed by atoms with Crippen LogP contribution in [0, 0.1) is 0 Å². The molecule has 1 aromatic heterocycles. The van der Waals surface area contributed by atoms with Crippen LogP contribution in [0.5, 0.6) is 0 Å².